The van der Waals surface area contributed by atoms with Crippen molar-refractivity contribution in [3.8, 4) is 5.75 Å². The van der Waals surface area contributed by atoms with E-state index in [-0.39, 0.29) is 24.5 Å². The maximum atomic E-state index is 13.8. The van der Waals surface area contributed by atoms with Gasteiger partial charge in [0.15, 0.2) is 6.61 Å². The molecule has 1 fully saturated rings. The lowest BCUT2D eigenvalue weighted by Gasteiger charge is -2.33. The molecule has 0 radical (unpaired) electrons. The van der Waals surface area contributed by atoms with E-state index in [0.29, 0.717) is 18.7 Å². The molecule has 3 aromatic carbocycles. The van der Waals surface area contributed by atoms with Crippen LogP contribution in [0.4, 0.5) is 0 Å². The molecule has 0 aromatic heterocycles. The molecule has 1 N–H and O–H groups in total. The lowest BCUT2D eigenvalue weighted by Crippen LogP contribution is -2.53. The van der Waals surface area contributed by atoms with Crippen LogP contribution in [0.3, 0.4) is 0 Å². The molecule has 1 saturated carbocycles. The van der Waals surface area contributed by atoms with Crippen molar-refractivity contribution < 1.29 is 14.3 Å². The van der Waals surface area contributed by atoms with Crippen molar-refractivity contribution in [1.29, 1.82) is 0 Å². The molecule has 5 nitrogen and oxygen atoms in total. The van der Waals surface area contributed by atoms with Gasteiger partial charge in [0.25, 0.3) is 5.91 Å². The highest BCUT2D eigenvalue weighted by Crippen LogP contribution is 2.21. The molecular formula is C31H35BrN2O3. The zero-order valence-electron chi connectivity index (χ0n) is 21.4. The number of carbonyl (C=O) groups excluding carboxylic acids is 2. The average molecular weight is 564 g/mol. The average Bonchev–Trinajstić information content (AvgIpc) is 2.92. The Labute approximate surface area is 228 Å². The van der Waals surface area contributed by atoms with Gasteiger partial charge in [-0.25, -0.2) is 0 Å². The quantitative estimate of drug-likeness (QED) is 0.319. The van der Waals surface area contributed by atoms with Gasteiger partial charge in [-0.15, -0.1) is 0 Å². The molecule has 1 aliphatic rings. The highest BCUT2D eigenvalue weighted by molar-refractivity contribution is 9.10. The second-order valence-corrected chi connectivity index (χ2v) is 10.7. The lowest BCUT2D eigenvalue weighted by molar-refractivity contribution is -0.143. The zero-order valence-corrected chi connectivity index (χ0v) is 23.0. The molecule has 1 atom stereocenters. The van der Waals surface area contributed by atoms with Crippen molar-refractivity contribution in [2.75, 3.05) is 6.61 Å². The minimum atomic E-state index is -0.648. The fraction of sp³-hybridized carbons (Fsp3) is 0.355. The number of carbonyl (C=O) groups is 2. The predicted octanol–water partition coefficient (Wildman–Crippen LogP) is 6.23. The summed E-state index contributed by atoms with van der Waals surface area (Å²) in [4.78, 5) is 29.2. The number of rotatable bonds is 10. The second kappa shape index (κ2) is 13.4. The van der Waals surface area contributed by atoms with Crippen LogP contribution in [0, 0.1) is 6.92 Å². The minimum absolute atomic E-state index is 0.0960. The van der Waals surface area contributed by atoms with Crippen molar-refractivity contribution in [3.63, 3.8) is 0 Å². The van der Waals surface area contributed by atoms with Gasteiger partial charge in [0.2, 0.25) is 5.91 Å². The molecule has 0 unspecified atom stereocenters. The Balaban J connectivity index is 1.61. The highest BCUT2D eigenvalue weighted by atomic mass is 79.9. The first kappa shape index (κ1) is 26.9. The lowest BCUT2D eigenvalue weighted by atomic mass is 9.94. The maximum Gasteiger partial charge on any atom is 0.261 e. The van der Waals surface area contributed by atoms with Crippen LogP contribution in [0.25, 0.3) is 0 Å². The van der Waals surface area contributed by atoms with E-state index in [4.69, 9.17) is 4.74 Å². The van der Waals surface area contributed by atoms with Gasteiger partial charge < -0.3 is 15.0 Å². The first-order valence-electron chi connectivity index (χ1n) is 13.1. The Kier molecular flexibility index (Phi) is 9.78. The molecule has 2 amide bonds. The summed E-state index contributed by atoms with van der Waals surface area (Å²) in [5.41, 5.74) is 3.12. The fourth-order valence-electron chi connectivity index (χ4n) is 4.83. The molecule has 0 aliphatic heterocycles. The molecule has 1 aliphatic carbocycles. The van der Waals surface area contributed by atoms with Crippen molar-refractivity contribution in [2.24, 2.45) is 0 Å². The van der Waals surface area contributed by atoms with Crippen LogP contribution in [0.5, 0.6) is 5.75 Å². The van der Waals surface area contributed by atoms with E-state index in [1.807, 2.05) is 85.8 Å². The van der Waals surface area contributed by atoms with E-state index in [0.717, 1.165) is 46.8 Å². The molecule has 0 heterocycles. The van der Waals surface area contributed by atoms with E-state index in [9.17, 15) is 9.59 Å². The predicted molar refractivity (Wildman–Crippen MR) is 150 cm³/mol. The van der Waals surface area contributed by atoms with Gasteiger partial charge in [0.05, 0.1) is 0 Å². The standard InChI is InChI=1S/C31H35BrN2O3/c1-23-10-8-9-13-25(23)21-34(30(35)22-37-28-18-16-26(32)17-19-28)29(20-24-11-4-2-5-12-24)31(36)33-27-14-6-3-7-15-27/h2,4-5,8-13,16-19,27,29H,3,6-7,14-15,20-22H2,1H3,(H,33,36)/t29-/m0/s1. The van der Waals surface area contributed by atoms with Gasteiger partial charge in [-0.2, -0.15) is 0 Å². The van der Waals surface area contributed by atoms with Crippen LogP contribution in [0.2, 0.25) is 0 Å². The summed E-state index contributed by atoms with van der Waals surface area (Å²) in [6.07, 6.45) is 5.88. The molecular weight excluding hydrogens is 528 g/mol. The summed E-state index contributed by atoms with van der Waals surface area (Å²) in [6, 6.07) is 24.8. The van der Waals surface area contributed by atoms with E-state index in [1.165, 1.54) is 6.42 Å². The number of benzene rings is 3. The first-order valence-corrected chi connectivity index (χ1v) is 13.9. The third-order valence-corrected chi connectivity index (χ3v) is 7.53. The molecule has 6 heteroatoms. The number of amides is 2. The van der Waals surface area contributed by atoms with Crippen LogP contribution in [-0.4, -0.2) is 35.4 Å². The summed E-state index contributed by atoms with van der Waals surface area (Å²) in [7, 11) is 0. The number of ether oxygens (including phenoxy) is 1. The third-order valence-electron chi connectivity index (χ3n) is 7.00. The maximum absolute atomic E-state index is 13.8. The number of hydrogen-bond acceptors (Lipinski definition) is 3. The van der Waals surface area contributed by atoms with Gasteiger partial charge in [0.1, 0.15) is 11.8 Å². The largest absolute Gasteiger partial charge is 0.484 e. The van der Waals surface area contributed by atoms with Gasteiger partial charge in [-0.3, -0.25) is 9.59 Å². The van der Waals surface area contributed by atoms with Crippen LogP contribution in [0.15, 0.2) is 83.3 Å². The van der Waals surface area contributed by atoms with E-state index < -0.39 is 6.04 Å². The Bertz CT molecular complexity index is 1160. The monoisotopic (exact) mass is 562 g/mol. The summed E-state index contributed by atoms with van der Waals surface area (Å²) in [5.74, 6) is 0.297. The van der Waals surface area contributed by atoms with E-state index >= 15 is 0 Å². The smallest absolute Gasteiger partial charge is 0.261 e. The number of aryl methyl sites for hydroxylation is 1. The van der Waals surface area contributed by atoms with Gasteiger partial charge >= 0.3 is 0 Å². The molecule has 0 spiro atoms. The molecule has 0 bridgehead atoms. The van der Waals surface area contributed by atoms with Crippen LogP contribution in [-0.2, 0) is 22.6 Å². The first-order chi connectivity index (χ1) is 18.0. The number of hydrogen-bond donors (Lipinski definition) is 1. The SMILES string of the molecule is Cc1ccccc1CN(C(=O)COc1ccc(Br)cc1)[C@@H](Cc1ccccc1)C(=O)NC1CCCCC1. The van der Waals surface area contributed by atoms with E-state index in [1.54, 1.807) is 4.90 Å². The summed E-state index contributed by atoms with van der Waals surface area (Å²) < 4.78 is 6.80. The van der Waals surface area contributed by atoms with Gasteiger partial charge in [-0.1, -0.05) is 89.8 Å². The summed E-state index contributed by atoms with van der Waals surface area (Å²) in [5, 5.41) is 3.28. The Hall–Kier alpha value is -3.12. The number of nitrogens with zero attached hydrogens (tertiary/aromatic N) is 1. The minimum Gasteiger partial charge on any atom is -0.484 e. The molecule has 194 valence electrons. The van der Waals surface area contributed by atoms with Gasteiger partial charge in [-0.05, 0) is 60.7 Å². The fourth-order valence-corrected chi connectivity index (χ4v) is 5.09. The zero-order chi connectivity index (χ0) is 26.0. The van der Waals surface area contributed by atoms with Crippen molar-refractivity contribution in [3.05, 3.63) is 100 Å². The summed E-state index contributed by atoms with van der Waals surface area (Å²) >= 11 is 3.42. The van der Waals surface area contributed by atoms with Crippen molar-refractivity contribution in [1.82, 2.24) is 10.2 Å². The number of halogens is 1. The second-order valence-electron chi connectivity index (χ2n) is 9.74. The molecule has 0 saturated heterocycles. The van der Waals surface area contributed by atoms with Crippen molar-refractivity contribution >= 4 is 27.7 Å². The highest BCUT2D eigenvalue weighted by Gasteiger charge is 2.32. The Morgan fingerprint density at radius 2 is 1.62 bits per heavy atom. The van der Waals surface area contributed by atoms with Crippen LogP contribution in [0.1, 0.15) is 48.8 Å². The Morgan fingerprint density at radius 3 is 2.32 bits per heavy atom. The van der Waals surface area contributed by atoms with Gasteiger partial charge in [0, 0.05) is 23.5 Å². The number of nitrogens with one attached hydrogen (secondary N) is 1. The summed E-state index contributed by atoms with van der Waals surface area (Å²) in [6.45, 7) is 2.23. The Morgan fingerprint density at radius 1 is 0.946 bits per heavy atom. The normalized spacial score (nSPS) is 14.5. The topological polar surface area (TPSA) is 58.6 Å². The molecule has 37 heavy (non-hydrogen) atoms. The van der Waals surface area contributed by atoms with E-state index in [2.05, 4.69) is 21.2 Å². The van der Waals surface area contributed by atoms with Crippen LogP contribution < -0.4 is 10.1 Å². The van der Waals surface area contributed by atoms with Crippen LogP contribution >= 0.6 is 15.9 Å². The molecule has 4 rings (SSSR count). The van der Waals surface area contributed by atoms with Crippen molar-refractivity contribution in [2.45, 2.75) is 64.1 Å². The third kappa shape index (κ3) is 7.93. The molecule has 3 aromatic rings.